The van der Waals surface area contributed by atoms with E-state index in [4.69, 9.17) is 4.74 Å². The average Bonchev–Trinajstić information content (AvgIpc) is 2.77. The number of fused-ring (bicyclic) bond motifs is 2. The lowest BCUT2D eigenvalue weighted by Crippen LogP contribution is -2.48. The summed E-state index contributed by atoms with van der Waals surface area (Å²) >= 11 is 0. The highest BCUT2D eigenvalue weighted by Gasteiger charge is 2.48. The zero-order chi connectivity index (χ0) is 16.9. The Bertz CT molecular complexity index is 686. The summed E-state index contributed by atoms with van der Waals surface area (Å²) in [7, 11) is -1.73. The smallest absolute Gasteiger partial charge is 0.244 e. The molecule has 1 aromatic rings. The Labute approximate surface area is 139 Å². The molecular formula is C18H27NO3S. The predicted molar refractivity (Wildman–Crippen MR) is 91.3 cm³/mol. The normalized spacial score (nSPS) is 28.3. The molecule has 4 nitrogen and oxygen atoms in total. The van der Waals surface area contributed by atoms with Crippen LogP contribution in [0, 0.1) is 27.7 Å². The van der Waals surface area contributed by atoms with Crippen molar-refractivity contribution in [1.82, 2.24) is 4.31 Å². The fourth-order valence-corrected chi connectivity index (χ4v) is 6.82. The fraction of sp³-hybridized carbons (Fsp3) is 0.667. The number of methoxy groups -OCH3 is 1. The highest BCUT2D eigenvalue weighted by molar-refractivity contribution is 7.89. The number of hydrogen-bond donors (Lipinski definition) is 0. The largest absolute Gasteiger partial charge is 0.381 e. The van der Waals surface area contributed by atoms with E-state index >= 15 is 0 Å². The molecule has 2 heterocycles. The summed E-state index contributed by atoms with van der Waals surface area (Å²) in [6.45, 7) is 7.84. The maximum Gasteiger partial charge on any atom is 0.244 e. The lowest BCUT2D eigenvalue weighted by Gasteiger charge is -2.38. The van der Waals surface area contributed by atoms with Crippen LogP contribution in [0.25, 0.3) is 0 Å². The molecule has 2 atom stereocenters. The van der Waals surface area contributed by atoms with E-state index < -0.39 is 10.0 Å². The maximum atomic E-state index is 13.5. The molecule has 2 bridgehead atoms. The molecule has 5 heteroatoms. The van der Waals surface area contributed by atoms with Gasteiger partial charge in [-0.2, -0.15) is 4.31 Å². The number of ether oxygens (including phenoxy) is 1. The lowest BCUT2D eigenvalue weighted by atomic mass is 10.0. The first-order chi connectivity index (χ1) is 10.8. The summed E-state index contributed by atoms with van der Waals surface area (Å²) in [5, 5.41) is 0. The van der Waals surface area contributed by atoms with E-state index in [9.17, 15) is 8.42 Å². The molecule has 0 saturated carbocycles. The minimum absolute atomic E-state index is 0.0864. The van der Waals surface area contributed by atoms with Crippen molar-refractivity contribution >= 4 is 10.0 Å². The van der Waals surface area contributed by atoms with Crippen LogP contribution in [-0.4, -0.2) is 38.0 Å². The molecule has 128 valence electrons. The van der Waals surface area contributed by atoms with Gasteiger partial charge < -0.3 is 4.74 Å². The molecule has 0 aliphatic carbocycles. The molecule has 0 amide bonds. The summed E-state index contributed by atoms with van der Waals surface area (Å²) in [6, 6.07) is 2.25. The monoisotopic (exact) mass is 337 g/mol. The fourth-order valence-electron chi connectivity index (χ4n) is 4.34. The number of sulfonamides is 1. The topological polar surface area (TPSA) is 46.6 Å². The van der Waals surface area contributed by atoms with Crippen molar-refractivity contribution in [2.24, 2.45) is 0 Å². The Morgan fingerprint density at radius 3 is 1.91 bits per heavy atom. The average molecular weight is 337 g/mol. The SMILES string of the molecule is COC1CC2CCC(C1)N2S(=O)(=O)c1c(C)c(C)cc(C)c1C. The van der Waals surface area contributed by atoms with Crippen LogP contribution >= 0.6 is 0 Å². The third-order valence-electron chi connectivity index (χ3n) is 5.79. The van der Waals surface area contributed by atoms with Crippen molar-refractivity contribution in [3.8, 4) is 0 Å². The molecule has 2 aliphatic rings. The lowest BCUT2D eigenvalue weighted by molar-refractivity contribution is 0.0349. The van der Waals surface area contributed by atoms with Gasteiger partial charge in [-0.1, -0.05) is 6.07 Å². The first-order valence-electron chi connectivity index (χ1n) is 8.41. The van der Waals surface area contributed by atoms with Crippen molar-refractivity contribution in [3.63, 3.8) is 0 Å². The van der Waals surface area contributed by atoms with Gasteiger partial charge in [0.1, 0.15) is 0 Å². The van der Waals surface area contributed by atoms with Crippen molar-refractivity contribution in [2.75, 3.05) is 7.11 Å². The molecule has 2 saturated heterocycles. The van der Waals surface area contributed by atoms with Crippen LogP contribution in [0.5, 0.6) is 0 Å². The van der Waals surface area contributed by atoms with Gasteiger partial charge in [0.2, 0.25) is 10.0 Å². The standard InChI is InChI=1S/C18H27NO3S/c1-11-8-12(2)14(4)18(13(11)3)23(20,21)19-15-6-7-16(19)10-17(9-15)22-5/h8,15-17H,6-7,9-10H2,1-5H3. The van der Waals surface area contributed by atoms with Crippen molar-refractivity contribution in [3.05, 3.63) is 28.3 Å². The zero-order valence-corrected chi connectivity index (χ0v) is 15.5. The summed E-state index contributed by atoms with van der Waals surface area (Å²) in [5.74, 6) is 0. The number of piperidine rings is 1. The Morgan fingerprint density at radius 2 is 1.48 bits per heavy atom. The van der Waals surface area contributed by atoms with Crippen LogP contribution in [0.15, 0.2) is 11.0 Å². The molecule has 2 unspecified atom stereocenters. The number of aryl methyl sites for hydroxylation is 2. The minimum Gasteiger partial charge on any atom is -0.381 e. The second kappa shape index (κ2) is 5.87. The van der Waals surface area contributed by atoms with Crippen LogP contribution in [0.4, 0.5) is 0 Å². The molecular weight excluding hydrogens is 310 g/mol. The van der Waals surface area contributed by atoms with Crippen LogP contribution in [0.3, 0.4) is 0 Å². The van der Waals surface area contributed by atoms with Crippen LogP contribution in [0.1, 0.15) is 47.9 Å². The van der Waals surface area contributed by atoms with Gasteiger partial charge in [-0.05, 0) is 75.6 Å². The molecule has 0 aromatic heterocycles. The molecule has 1 aromatic carbocycles. The van der Waals surface area contributed by atoms with Crippen LogP contribution in [0.2, 0.25) is 0 Å². The van der Waals surface area contributed by atoms with Gasteiger partial charge in [0.15, 0.2) is 0 Å². The highest BCUT2D eigenvalue weighted by Crippen LogP contribution is 2.42. The number of nitrogens with zero attached hydrogens (tertiary/aromatic N) is 1. The van der Waals surface area contributed by atoms with Crippen molar-refractivity contribution in [2.45, 2.75) is 76.5 Å². The molecule has 23 heavy (non-hydrogen) atoms. The molecule has 0 N–H and O–H groups in total. The summed E-state index contributed by atoms with van der Waals surface area (Å²) < 4.78 is 34.3. The van der Waals surface area contributed by atoms with Crippen LogP contribution < -0.4 is 0 Å². The number of hydrogen-bond acceptors (Lipinski definition) is 3. The van der Waals surface area contributed by atoms with Gasteiger partial charge in [-0.3, -0.25) is 0 Å². The quantitative estimate of drug-likeness (QED) is 0.850. The minimum atomic E-state index is -3.46. The van der Waals surface area contributed by atoms with Gasteiger partial charge in [-0.15, -0.1) is 0 Å². The first-order valence-corrected chi connectivity index (χ1v) is 9.85. The Kier molecular flexibility index (Phi) is 4.32. The Balaban J connectivity index is 2.08. The number of rotatable bonds is 3. The Morgan fingerprint density at radius 1 is 1.00 bits per heavy atom. The zero-order valence-electron chi connectivity index (χ0n) is 14.7. The first kappa shape index (κ1) is 16.9. The van der Waals surface area contributed by atoms with Gasteiger partial charge in [0.05, 0.1) is 11.0 Å². The Hall–Kier alpha value is -0.910. The van der Waals surface area contributed by atoms with E-state index in [0.717, 1.165) is 47.9 Å². The van der Waals surface area contributed by atoms with Crippen molar-refractivity contribution < 1.29 is 13.2 Å². The predicted octanol–water partition coefficient (Wildman–Crippen LogP) is 3.25. The van der Waals surface area contributed by atoms with Gasteiger partial charge in [0, 0.05) is 19.2 Å². The van der Waals surface area contributed by atoms with Crippen LogP contribution in [-0.2, 0) is 14.8 Å². The molecule has 0 spiro atoms. The number of benzene rings is 1. The third kappa shape index (κ3) is 2.63. The van der Waals surface area contributed by atoms with E-state index in [2.05, 4.69) is 6.07 Å². The summed E-state index contributed by atoms with van der Waals surface area (Å²) in [5.41, 5.74) is 3.87. The molecule has 2 aliphatic heterocycles. The van der Waals surface area contributed by atoms with Gasteiger partial charge in [0.25, 0.3) is 0 Å². The summed E-state index contributed by atoms with van der Waals surface area (Å²) in [6.07, 6.45) is 3.73. The van der Waals surface area contributed by atoms with Gasteiger partial charge in [-0.25, -0.2) is 8.42 Å². The van der Waals surface area contributed by atoms with Crippen molar-refractivity contribution in [1.29, 1.82) is 0 Å². The second-order valence-electron chi connectivity index (χ2n) is 7.14. The second-order valence-corrected chi connectivity index (χ2v) is 8.92. The van der Waals surface area contributed by atoms with E-state index in [0.29, 0.717) is 4.90 Å². The van der Waals surface area contributed by atoms with Gasteiger partial charge >= 0.3 is 0 Å². The third-order valence-corrected chi connectivity index (χ3v) is 8.07. The molecule has 2 fully saturated rings. The summed E-state index contributed by atoms with van der Waals surface area (Å²) in [4.78, 5) is 0.530. The van der Waals surface area contributed by atoms with E-state index in [1.54, 1.807) is 11.4 Å². The van der Waals surface area contributed by atoms with E-state index in [-0.39, 0.29) is 18.2 Å². The molecule has 3 rings (SSSR count). The molecule has 0 radical (unpaired) electrons. The highest BCUT2D eigenvalue weighted by atomic mass is 32.2. The van der Waals surface area contributed by atoms with E-state index in [1.807, 2.05) is 27.7 Å². The van der Waals surface area contributed by atoms with E-state index in [1.165, 1.54) is 0 Å². The maximum absolute atomic E-state index is 13.5.